The smallest absolute Gasteiger partial charge is 0.406 e. The number of hydrogen-bond donors (Lipinski definition) is 1. The summed E-state index contributed by atoms with van der Waals surface area (Å²) >= 11 is 0. The summed E-state index contributed by atoms with van der Waals surface area (Å²) in [5.41, 5.74) is 0. The van der Waals surface area contributed by atoms with E-state index in [-0.39, 0.29) is 0 Å². The highest BCUT2D eigenvalue weighted by molar-refractivity contribution is 5.77. The molecule has 0 aromatic carbocycles. The second-order valence-corrected chi connectivity index (χ2v) is 1.99. The van der Waals surface area contributed by atoms with Gasteiger partial charge >= 0.3 is 6.09 Å². The summed E-state index contributed by atoms with van der Waals surface area (Å²) < 4.78 is 4.15. The Bertz CT molecular complexity index is 107. The summed E-state index contributed by atoms with van der Waals surface area (Å²) in [6.07, 6.45) is 0.975. The van der Waals surface area contributed by atoms with E-state index in [9.17, 15) is 9.59 Å². The molecule has 0 aromatic heterocycles. The Morgan fingerprint density at radius 2 is 1.50 bits per heavy atom. The minimum atomic E-state index is -0.407. The average molecular weight is 205 g/mol. The Labute approximate surface area is 87.0 Å². The van der Waals surface area contributed by atoms with Gasteiger partial charge in [0.05, 0.1) is 7.11 Å². The largest absolute Gasteiger partial charge is 0.453 e. The predicted molar refractivity (Wildman–Crippen MR) is 58.4 cm³/mol. The number of carbonyl (C=O) groups is 2. The maximum atomic E-state index is 10.2. The van der Waals surface area contributed by atoms with Crippen LogP contribution >= 0.6 is 0 Å². The predicted octanol–water partition coefficient (Wildman–Crippen LogP) is 2.37. The molecule has 0 aliphatic rings. The van der Waals surface area contributed by atoms with Crippen LogP contribution in [0.4, 0.5) is 4.79 Å². The third-order valence-corrected chi connectivity index (χ3v) is 1.18. The van der Waals surface area contributed by atoms with E-state index in [2.05, 4.69) is 10.1 Å². The molecule has 0 atom stereocenters. The lowest BCUT2D eigenvalue weighted by Crippen LogP contribution is -2.16. The first-order chi connectivity index (χ1) is 6.62. The van der Waals surface area contributed by atoms with Gasteiger partial charge in [0, 0.05) is 19.9 Å². The zero-order valence-electron chi connectivity index (χ0n) is 10.1. The summed E-state index contributed by atoms with van der Waals surface area (Å²) in [6, 6.07) is 0. The molecule has 14 heavy (non-hydrogen) atoms. The first-order valence-corrected chi connectivity index (χ1v) is 4.89. The molecule has 0 radical (unpaired) electrons. The summed E-state index contributed by atoms with van der Waals surface area (Å²) in [6.45, 7) is 7.76. The molecule has 1 amide bonds. The molecular weight excluding hydrogens is 182 g/mol. The normalized spacial score (nSPS) is 7.00. The van der Waals surface area contributed by atoms with Crippen LogP contribution in [0.5, 0.6) is 0 Å². The summed E-state index contributed by atoms with van der Waals surface area (Å²) in [5.74, 6) is 0.343. The second-order valence-electron chi connectivity index (χ2n) is 1.99. The molecule has 0 bridgehead atoms. The molecule has 0 fully saturated rings. The number of ether oxygens (including phenoxy) is 1. The Kier molecular flexibility index (Phi) is 23.8. The number of carbonyl (C=O) groups excluding carboxylic acids is 2. The van der Waals surface area contributed by atoms with Gasteiger partial charge in [-0.3, -0.25) is 4.79 Å². The maximum absolute atomic E-state index is 10.2. The number of hydrogen-bond acceptors (Lipinski definition) is 3. The number of nitrogens with one attached hydrogen (secondary N) is 1. The van der Waals surface area contributed by atoms with Crippen molar-refractivity contribution < 1.29 is 14.3 Å². The van der Waals surface area contributed by atoms with Crippen molar-refractivity contribution >= 4 is 11.9 Å². The van der Waals surface area contributed by atoms with E-state index in [0.29, 0.717) is 18.6 Å². The van der Waals surface area contributed by atoms with E-state index in [4.69, 9.17) is 0 Å². The molecule has 0 saturated carbocycles. The van der Waals surface area contributed by atoms with Crippen molar-refractivity contribution in [1.82, 2.24) is 5.32 Å². The van der Waals surface area contributed by atoms with Crippen molar-refractivity contribution in [2.45, 2.75) is 40.5 Å². The quantitative estimate of drug-likeness (QED) is 0.753. The molecule has 0 unspecified atom stereocenters. The standard InChI is InChI=1S/C5H10O.C3H7NO2.C2H6/c1-3-5(6)4-2;1-4-3(5)6-2;1-2/h3-4H2,1-2H3;1-2H3,(H,4,5);1-2H3. The minimum Gasteiger partial charge on any atom is -0.453 e. The molecule has 0 saturated heterocycles. The van der Waals surface area contributed by atoms with Crippen LogP contribution in [-0.2, 0) is 9.53 Å². The first kappa shape index (κ1) is 18.7. The zero-order chi connectivity index (χ0) is 12.0. The van der Waals surface area contributed by atoms with Crippen LogP contribution in [0.2, 0.25) is 0 Å². The fourth-order valence-corrected chi connectivity index (χ4v) is 0.352. The second kappa shape index (κ2) is 17.9. The molecule has 0 aliphatic heterocycles. The first-order valence-electron chi connectivity index (χ1n) is 4.89. The van der Waals surface area contributed by atoms with Crippen molar-refractivity contribution in [3.63, 3.8) is 0 Å². The van der Waals surface area contributed by atoms with Gasteiger partial charge in [-0.15, -0.1) is 0 Å². The van der Waals surface area contributed by atoms with Crippen molar-refractivity contribution in [2.75, 3.05) is 14.2 Å². The monoisotopic (exact) mass is 205 g/mol. The maximum Gasteiger partial charge on any atom is 0.406 e. The van der Waals surface area contributed by atoms with E-state index in [0.717, 1.165) is 0 Å². The van der Waals surface area contributed by atoms with Gasteiger partial charge in [0.1, 0.15) is 5.78 Å². The minimum absolute atomic E-state index is 0.343. The lowest BCUT2D eigenvalue weighted by molar-refractivity contribution is -0.118. The highest BCUT2D eigenvalue weighted by Crippen LogP contribution is 1.83. The Morgan fingerprint density at radius 3 is 1.50 bits per heavy atom. The topological polar surface area (TPSA) is 55.4 Å². The van der Waals surface area contributed by atoms with Gasteiger partial charge in [-0.05, 0) is 0 Å². The van der Waals surface area contributed by atoms with E-state index >= 15 is 0 Å². The van der Waals surface area contributed by atoms with Crippen LogP contribution in [0.1, 0.15) is 40.5 Å². The summed E-state index contributed by atoms with van der Waals surface area (Å²) in [5, 5.41) is 2.25. The number of rotatable bonds is 2. The van der Waals surface area contributed by atoms with Crippen LogP contribution in [0.3, 0.4) is 0 Å². The van der Waals surface area contributed by atoms with Crippen LogP contribution in [0.15, 0.2) is 0 Å². The molecular formula is C10H23NO3. The van der Waals surface area contributed by atoms with Crippen LogP contribution < -0.4 is 5.32 Å². The van der Waals surface area contributed by atoms with Gasteiger partial charge < -0.3 is 10.1 Å². The van der Waals surface area contributed by atoms with Gasteiger partial charge in [0.2, 0.25) is 0 Å². The lowest BCUT2D eigenvalue weighted by atomic mass is 10.3. The molecule has 0 aliphatic carbocycles. The lowest BCUT2D eigenvalue weighted by Gasteiger charge is -1.90. The number of alkyl carbamates (subject to hydrolysis) is 1. The van der Waals surface area contributed by atoms with E-state index in [1.807, 2.05) is 27.7 Å². The highest BCUT2D eigenvalue weighted by Gasteiger charge is 1.86. The fraction of sp³-hybridized carbons (Fsp3) is 0.800. The molecule has 4 heteroatoms. The Balaban J connectivity index is -0.000000147. The summed E-state index contributed by atoms with van der Waals surface area (Å²) in [4.78, 5) is 20.0. The van der Waals surface area contributed by atoms with E-state index in [1.54, 1.807) is 0 Å². The third kappa shape index (κ3) is 22.4. The van der Waals surface area contributed by atoms with E-state index in [1.165, 1.54) is 14.2 Å². The number of methoxy groups -OCH3 is 1. The third-order valence-electron chi connectivity index (χ3n) is 1.18. The average Bonchev–Trinajstić information content (AvgIpc) is 2.30. The molecule has 0 spiro atoms. The Morgan fingerprint density at radius 1 is 1.14 bits per heavy atom. The highest BCUT2D eigenvalue weighted by atomic mass is 16.5. The fourth-order valence-electron chi connectivity index (χ4n) is 0.352. The molecule has 0 rings (SSSR count). The van der Waals surface area contributed by atoms with Crippen LogP contribution in [0, 0.1) is 0 Å². The zero-order valence-corrected chi connectivity index (χ0v) is 10.1. The van der Waals surface area contributed by atoms with Crippen LogP contribution in [0.25, 0.3) is 0 Å². The Hall–Kier alpha value is -1.06. The molecule has 1 N–H and O–H groups in total. The molecule has 0 heterocycles. The van der Waals surface area contributed by atoms with E-state index < -0.39 is 6.09 Å². The molecule has 86 valence electrons. The van der Waals surface area contributed by atoms with Crippen molar-refractivity contribution in [3.05, 3.63) is 0 Å². The van der Waals surface area contributed by atoms with Crippen molar-refractivity contribution in [1.29, 1.82) is 0 Å². The van der Waals surface area contributed by atoms with Crippen molar-refractivity contribution in [2.24, 2.45) is 0 Å². The van der Waals surface area contributed by atoms with Gasteiger partial charge in [-0.25, -0.2) is 4.79 Å². The van der Waals surface area contributed by atoms with Gasteiger partial charge in [-0.2, -0.15) is 0 Å². The number of Topliss-reactive ketones (excluding diaryl/α,β-unsaturated/α-hetero) is 1. The molecule has 0 aromatic rings. The van der Waals surface area contributed by atoms with Crippen molar-refractivity contribution in [3.8, 4) is 0 Å². The molecule has 4 nitrogen and oxygen atoms in total. The van der Waals surface area contributed by atoms with Gasteiger partial charge in [0.25, 0.3) is 0 Å². The number of ketones is 1. The van der Waals surface area contributed by atoms with Gasteiger partial charge in [0.15, 0.2) is 0 Å². The van der Waals surface area contributed by atoms with Crippen LogP contribution in [-0.4, -0.2) is 26.0 Å². The van der Waals surface area contributed by atoms with Gasteiger partial charge in [-0.1, -0.05) is 27.7 Å². The SMILES string of the molecule is CC.CCC(=O)CC.CNC(=O)OC. The number of amides is 1. The summed E-state index contributed by atoms with van der Waals surface area (Å²) in [7, 11) is 2.82.